The number of hydrogen-bond acceptors (Lipinski definition) is 3. The van der Waals surface area contributed by atoms with Crippen LogP contribution < -0.4 is 4.90 Å². The Morgan fingerprint density at radius 2 is 0.921 bits per heavy atom. The zero-order chi connectivity index (χ0) is 25.3. The highest BCUT2D eigenvalue weighted by molar-refractivity contribution is 5.84. The van der Waals surface area contributed by atoms with E-state index in [9.17, 15) is 0 Å². The number of nitrogens with zero attached hydrogens (tertiary/aromatic N) is 3. The molecule has 5 aromatic carbocycles. The zero-order valence-corrected chi connectivity index (χ0v) is 20.8. The highest BCUT2D eigenvalue weighted by Crippen LogP contribution is 2.43. The van der Waals surface area contributed by atoms with Crippen LogP contribution >= 0.6 is 0 Å². The number of para-hydroxylation sites is 2. The third-order valence-corrected chi connectivity index (χ3v) is 7.09. The van der Waals surface area contributed by atoms with Crippen molar-refractivity contribution in [1.29, 1.82) is 0 Å². The minimum absolute atomic E-state index is 0.727. The van der Waals surface area contributed by atoms with E-state index in [1.54, 1.807) is 0 Å². The summed E-state index contributed by atoms with van der Waals surface area (Å²) in [4.78, 5) is 12.3. The summed E-state index contributed by atoms with van der Waals surface area (Å²) < 4.78 is 0. The van der Waals surface area contributed by atoms with Crippen LogP contribution in [0.5, 0.6) is 0 Å². The van der Waals surface area contributed by atoms with E-state index in [-0.39, 0.29) is 0 Å². The summed E-state index contributed by atoms with van der Waals surface area (Å²) >= 11 is 0. The Bertz CT molecular complexity index is 1620. The van der Waals surface area contributed by atoms with E-state index >= 15 is 0 Å². The number of benzene rings is 5. The van der Waals surface area contributed by atoms with Crippen LogP contribution in [-0.4, -0.2) is 9.97 Å². The second-order valence-corrected chi connectivity index (χ2v) is 9.51. The quantitative estimate of drug-likeness (QED) is 0.248. The van der Waals surface area contributed by atoms with Gasteiger partial charge in [0.2, 0.25) is 0 Å². The van der Waals surface area contributed by atoms with Crippen LogP contribution in [0.25, 0.3) is 33.9 Å². The van der Waals surface area contributed by atoms with Crippen molar-refractivity contribution >= 4 is 17.1 Å². The standard InChI is InChI=1S/C35H25N3/c1-3-11-25(12-4-1)31-24-32(37-35(36-31)27-13-5-2-6-14-27)26-19-21-30(22-20-26)38-33-17-9-7-15-28(33)23-29-16-8-10-18-34(29)38/h1-22,24H,23H2. The Morgan fingerprint density at radius 3 is 1.50 bits per heavy atom. The molecule has 180 valence electrons. The van der Waals surface area contributed by atoms with Crippen LogP contribution in [0, 0.1) is 0 Å². The van der Waals surface area contributed by atoms with Gasteiger partial charge in [0.05, 0.1) is 11.4 Å². The number of aromatic nitrogens is 2. The summed E-state index contributed by atoms with van der Waals surface area (Å²) in [5.41, 5.74) is 11.2. The topological polar surface area (TPSA) is 29.0 Å². The first-order valence-corrected chi connectivity index (χ1v) is 12.9. The van der Waals surface area contributed by atoms with Crippen molar-refractivity contribution in [2.45, 2.75) is 6.42 Å². The SMILES string of the molecule is c1ccc(-c2cc(-c3ccc(N4c5ccccc5Cc5ccccc54)cc3)nc(-c3ccccc3)n2)cc1. The van der Waals surface area contributed by atoms with Gasteiger partial charge in [0.15, 0.2) is 5.82 Å². The second-order valence-electron chi connectivity index (χ2n) is 9.51. The van der Waals surface area contributed by atoms with Gasteiger partial charge in [0.1, 0.15) is 0 Å². The predicted octanol–water partition coefficient (Wildman–Crippen LogP) is 8.85. The molecule has 7 rings (SSSR count). The molecule has 0 bridgehead atoms. The molecule has 0 saturated carbocycles. The maximum atomic E-state index is 4.99. The molecule has 0 spiro atoms. The van der Waals surface area contributed by atoms with E-state index < -0.39 is 0 Å². The van der Waals surface area contributed by atoms with Gasteiger partial charge in [-0.1, -0.05) is 109 Å². The van der Waals surface area contributed by atoms with Gasteiger partial charge in [-0.05, 0) is 41.5 Å². The minimum atomic E-state index is 0.727. The predicted molar refractivity (Wildman–Crippen MR) is 156 cm³/mol. The lowest BCUT2D eigenvalue weighted by atomic mass is 9.95. The third-order valence-electron chi connectivity index (χ3n) is 7.09. The fourth-order valence-corrected chi connectivity index (χ4v) is 5.22. The molecule has 0 unspecified atom stereocenters. The molecular formula is C35H25N3. The fourth-order valence-electron chi connectivity index (χ4n) is 5.22. The average Bonchev–Trinajstić information content (AvgIpc) is 3.00. The summed E-state index contributed by atoms with van der Waals surface area (Å²) in [6, 6.07) is 48.6. The first-order valence-electron chi connectivity index (χ1n) is 12.9. The Balaban J connectivity index is 1.32. The number of fused-ring (bicyclic) bond motifs is 2. The Morgan fingerprint density at radius 1 is 0.447 bits per heavy atom. The molecule has 0 fully saturated rings. The zero-order valence-electron chi connectivity index (χ0n) is 20.8. The van der Waals surface area contributed by atoms with Gasteiger partial charge in [-0.2, -0.15) is 0 Å². The number of hydrogen-bond donors (Lipinski definition) is 0. The van der Waals surface area contributed by atoms with Gasteiger partial charge in [0.25, 0.3) is 0 Å². The fraction of sp³-hybridized carbons (Fsp3) is 0.0286. The van der Waals surface area contributed by atoms with Crippen molar-refractivity contribution in [1.82, 2.24) is 9.97 Å². The lowest BCUT2D eigenvalue weighted by molar-refractivity contribution is 1.09. The molecule has 0 aliphatic carbocycles. The molecule has 1 aliphatic rings. The molecule has 0 saturated heterocycles. The van der Waals surface area contributed by atoms with Crippen LogP contribution in [0.3, 0.4) is 0 Å². The average molecular weight is 488 g/mol. The Kier molecular flexibility index (Phi) is 5.52. The van der Waals surface area contributed by atoms with Crippen LogP contribution in [0.1, 0.15) is 11.1 Å². The van der Waals surface area contributed by atoms with E-state index in [4.69, 9.17) is 9.97 Å². The molecule has 0 amide bonds. The highest BCUT2D eigenvalue weighted by Gasteiger charge is 2.23. The van der Waals surface area contributed by atoms with Crippen LogP contribution in [0.15, 0.2) is 140 Å². The molecule has 0 atom stereocenters. The maximum absolute atomic E-state index is 4.99. The van der Waals surface area contributed by atoms with Crippen LogP contribution in [-0.2, 0) is 6.42 Å². The molecule has 3 nitrogen and oxygen atoms in total. The third kappa shape index (κ3) is 4.04. The lowest BCUT2D eigenvalue weighted by Gasteiger charge is -2.33. The highest BCUT2D eigenvalue weighted by atomic mass is 15.2. The smallest absolute Gasteiger partial charge is 0.160 e. The summed E-state index contributed by atoms with van der Waals surface area (Å²) in [6.45, 7) is 0. The van der Waals surface area contributed by atoms with Crippen LogP contribution in [0.4, 0.5) is 17.1 Å². The second kappa shape index (κ2) is 9.45. The monoisotopic (exact) mass is 487 g/mol. The van der Waals surface area contributed by atoms with Gasteiger partial charge in [-0.3, -0.25) is 0 Å². The molecule has 0 radical (unpaired) electrons. The molecule has 38 heavy (non-hydrogen) atoms. The maximum Gasteiger partial charge on any atom is 0.160 e. The molecule has 3 heteroatoms. The lowest BCUT2D eigenvalue weighted by Crippen LogP contribution is -2.18. The molecule has 0 N–H and O–H groups in total. The van der Waals surface area contributed by atoms with Gasteiger partial charge in [0, 0.05) is 40.2 Å². The van der Waals surface area contributed by atoms with E-state index in [1.807, 2.05) is 36.4 Å². The molecule has 1 aromatic heterocycles. The molecule has 2 heterocycles. The first kappa shape index (κ1) is 22.2. The summed E-state index contributed by atoms with van der Waals surface area (Å²) in [7, 11) is 0. The summed E-state index contributed by atoms with van der Waals surface area (Å²) in [5, 5.41) is 0. The Labute approximate surface area is 222 Å². The molecule has 1 aliphatic heterocycles. The van der Waals surface area contributed by atoms with E-state index in [0.717, 1.165) is 46.0 Å². The van der Waals surface area contributed by atoms with Gasteiger partial charge >= 0.3 is 0 Å². The van der Waals surface area contributed by atoms with Crippen molar-refractivity contribution in [3.63, 3.8) is 0 Å². The number of rotatable bonds is 4. The van der Waals surface area contributed by atoms with Crippen molar-refractivity contribution < 1.29 is 0 Å². The van der Waals surface area contributed by atoms with Gasteiger partial charge in [-0.15, -0.1) is 0 Å². The van der Waals surface area contributed by atoms with Gasteiger partial charge in [-0.25, -0.2) is 9.97 Å². The van der Waals surface area contributed by atoms with E-state index in [2.05, 4.69) is 108 Å². The molecular weight excluding hydrogens is 462 g/mol. The largest absolute Gasteiger partial charge is 0.310 e. The summed E-state index contributed by atoms with van der Waals surface area (Å²) in [5.74, 6) is 0.727. The minimum Gasteiger partial charge on any atom is -0.310 e. The van der Waals surface area contributed by atoms with Gasteiger partial charge < -0.3 is 4.90 Å². The first-order chi connectivity index (χ1) is 18.8. The summed E-state index contributed by atoms with van der Waals surface area (Å²) in [6.07, 6.45) is 0.951. The van der Waals surface area contributed by atoms with Crippen molar-refractivity contribution in [3.05, 3.63) is 151 Å². The Hall–Kier alpha value is -5.02. The van der Waals surface area contributed by atoms with Crippen LogP contribution in [0.2, 0.25) is 0 Å². The molecule has 6 aromatic rings. The van der Waals surface area contributed by atoms with Crippen molar-refractivity contribution in [3.8, 4) is 33.9 Å². The van der Waals surface area contributed by atoms with Crippen molar-refractivity contribution in [2.75, 3.05) is 4.90 Å². The number of anilines is 3. The van der Waals surface area contributed by atoms with E-state index in [1.165, 1.54) is 22.5 Å². The van der Waals surface area contributed by atoms with E-state index in [0.29, 0.717) is 0 Å². The normalized spacial score (nSPS) is 12.1. The van der Waals surface area contributed by atoms with Crippen molar-refractivity contribution in [2.24, 2.45) is 0 Å².